The smallest absolute Gasteiger partial charge is 0.303 e. The molecule has 0 fully saturated rings. The number of aromatic nitrogens is 1. The molecule has 0 saturated heterocycles. The van der Waals surface area contributed by atoms with Crippen LogP contribution < -0.4 is 0 Å². The molecule has 0 atom stereocenters. The summed E-state index contributed by atoms with van der Waals surface area (Å²) in [4.78, 5) is 28.3. The predicted octanol–water partition coefficient (Wildman–Crippen LogP) is 1.73. The number of hydrogen-bond acceptors (Lipinski definition) is 3. The number of pyridine rings is 1. The maximum atomic E-state index is 12.2. The van der Waals surface area contributed by atoms with Gasteiger partial charge in [-0.1, -0.05) is 0 Å². The van der Waals surface area contributed by atoms with Crippen LogP contribution >= 0.6 is 0 Å². The molecule has 1 rings (SSSR count). The molecule has 1 heterocycles. The van der Waals surface area contributed by atoms with Crippen molar-refractivity contribution in [2.75, 3.05) is 6.54 Å². The molecule has 0 bridgehead atoms. The van der Waals surface area contributed by atoms with Crippen LogP contribution in [0.25, 0.3) is 0 Å². The van der Waals surface area contributed by atoms with E-state index in [0.29, 0.717) is 19.4 Å². The molecule has 1 aromatic heterocycles. The fraction of sp³-hybridized carbons (Fsp3) is 0.500. The molecule has 0 saturated carbocycles. The quantitative estimate of drug-likeness (QED) is 0.814. The Balaban J connectivity index is 2.55. The summed E-state index contributed by atoms with van der Waals surface area (Å²) in [6, 6.07) is 3.70. The molecule has 1 N–H and O–H groups in total. The summed E-state index contributed by atoms with van der Waals surface area (Å²) in [5.41, 5.74) is 0.920. The third kappa shape index (κ3) is 5.50. The van der Waals surface area contributed by atoms with Gasteiger partial charge in [-0.25, -0.2) is 0 Å². The van der Waals surface area contributed by atoms with Crippen LogP contribution in [0.3, 0.4) is 0 Å². The Bertz CT molecular complexity index is 418. The summed E-state index contributed by atoms with van der Waals surface area (Å²) in [5, 5.41) is 8.63. The van der Waals surface area contributed by atoms with Gasteiger partial charge < -0.3 is 10.0 Å². The number of carboxylic acid groups (broad SMARTS) is 1. The second-order valence-corrected chi connectivity index (χ2v) is 4.71. The molecule has 5 nitrogen and oxygen atoms in total. The fourth-order valence-electron chi connectivity index (χ4n) is 1.85. The maximum Gasteiger partial charge on any atom is 0.303 e. The zero-order valence-electron chi connectivity index (χ0n) is 11.4. The number of carbonyl (C=O) groups excluding carboxylic acids is 1. The van der Waals surface area contributed by atoms with E-state index in [4.69, 9.17) is 5.11 Å². The highest BCUT2D eigenvalue weighted by molar-refractivity contribution is 5.79. The van der Waals surface area contributed by atoms with E-state index in [-0.39, 0.29) is 18.4 Å². The monoisotopic (exact) mass is 264 g/mol. The summed E-state index contributed by atoms with van der Waals surface area (Å²) < 4.78 is 0. The lowest BCUT2D eigenvalue weighted by Gasteiger charge is -2.26. The molecule has 104 valence electrons. The van der Waals surface area contributed by atoms with Gasteiger partial charge in [0.25, 0.3) is 0 Å². The standard InChI is InChI=1S/C14H20N2O3/c1-11(2)16(9-3-4-14(18)19)13(17)10-12-5-7-15-8-6-12/h5-8,11H,3-4,9-10H2,1-2H3,(H,18,19). The average Bonchev–Trinajstić information content (AvgIpc) is 2.35. The zero-order valence-corrected chi connectivity index (χ0v) is 11.4. The first-order valence-corrected chi connectivity index (χ1v) is 6.41. The van der Waals surface area contributed by atoms with Gasteiger partial charge in [0.05, 0.1) is 6.42 Å². The minimum atomic E-state index is -0.828. The number of aliphatic carboxylic acids is 1. The van der Waals surface area contributed by atoms with Gasteiger partial charge in [0, 0.05) is 31.4 Å². The van der Waals surface area contributed by atoms with E-state index in [1.54, 1.807) is 17.3 Å². The van der Waals surface area contributed by atoms with E-state index < -0.39 is 5.97 Å². The molecule has 0 spiro atoms. The van der Waals surface area contributed by atoms with E-state index in [0.717, 1.165) is 5.56 Å². The van der Waals surface area contributed by atoms with Crippen molar-refractivity contribution in [3.8, 4) is 0 Å². The van der Waals surface area contributed by atoms with Gasteiger partial charge in [0.1, 0.15) is 0 Å². The molecular formula is C14H20N2O3. The summed E-state index contributed by atoms with van der Waals surface area (Å²) in [6.07, 6.45) is 4.22. The molecule has 0 radical (unpaired) electrons. The Kier molecular flexibility index (Phi) is 5.99. The molecule has 0 aromatic carbocycles. The normalized spacial score (nSPS) is 10.5. The number of carboxylic acids is 1. The highest BCUT2D eigenvalue weighted by atomic mass is 16.4. The van der Waals surface area contributed by atoms with Crippen molar-refractivity contribution in [2.45, 2.75) is 39.2 Å². The lowest BCUT2D eigenvalue weighted by Crippen LogP contribution is -2.38. The number of amides is 1. The van der Waals surface area contributed by atoms with Crippen LogP contribution in [0.15, 0.2) is 24.5 Å². The van der Waals surface area contributed by atoms with Gasteiger partial charge >= 0.3 is 5.97 Å². The summed E-state index contributed by atoms with van der Waals surface area (Å²) in [6.45, 7) is 4.35. The number of hydrogen-bond donors (Lipinski definition) is 1. The molecule has 0 aliphatic carbocycles. The van der Waals surface area contributed by atoms with Gasteiger partial charge in [-0.3, -0.25) is 14.6 Å². The molecular weight excluding hydrogens is 244 g/mol. The Labute approximate surface area is 113 Å². The third-order valence-corrected chi connectivity index (χ3v) is 2.84. The average molecular weight is 264 g/mol. The van der Waals surface area contributed by atoms with Crippen molar-refractivity contribution in [2.24, 2.45) is 0 Å². The van der Waals surface area contributed by atoms with Crippen molar-refractivity contribution >= 4 is 11.9 Å². The molecule has 5 heteroatoms. The first-order valence-electron chi connectivity index (χ1n) is 6.41. The minimum Gasteiger partial charge on any atom is -0.481 e. The highest BCUT2D eigenvalue weighted by Gasteiger charge is 2.17. The lowest BCUT2D eigenvalue weighted by molar-refractivity contribution is -0.138. The maximum absolute atomic E-state index is 12.2. The Morgan fingerprint density at radius 2 is 1.95 bits per heavy atom. The fourth-order valence-corrected chi connectivity index (χ4v) is 1.85. The van der Waals surface area contributed by atoms with E-state index in [1.807, 2.05) is 26.0 Å². The largest absolute Gasteiger partial charge is 0.481 e. The van der Waals surface area contributed by atoms with Crippen LogP contribution in [-0.4, -0.2) is 39.5 Å². The van der Waals surface area contributed by atoms with E-state index in [2.05, 4.69) is 4.98 Å². The highest BCUT2D eigenvalue weighted by Crippen LogP contribution is 2.07. The second-order valence-electron chi connectivity index (χ2n) is 4.71. The second kappa shape index (κ2) is 7.51. The van der Waals surface area contributed by atoms with Crippen molar-refractivity contribution < 1.29 is 14.7 Å². The topological polar surface area (TPSA) is 70.5 Å². The number of rotatable bonds is 7. The van der Waals surface area contributed by atoms with Crippen LogP contribution in [0.4, 0.5) is 0 Å². The van der Waals surface area contributed by atoms with Crippen LogP contribution in [0, 0.1) is 0 Å². The Morgan fingerprint density at radius 1 is 1.32 bits per heavy atom. The Morgan fingerprint density at radius 3 is 2.47 bits per heavy atom. The molecule has 0 aliphatic rings. The first-order chi connectivity index (χ1) is 9.00. The molecule has 19 heavy (non-hydrogen) atoms. The lowest BCUT2D eigenvalue weighted by atomic mass is 10.1. The number of nitrogens with zero attached hydrogens (tertiary/aromatic N) is 2. The predicted molar refractivity (Wildman–Crippen MR) is 71.7 cm³/mol. The van der Waals surface area contributed by atoms with E-state index in [1.165, 1.54) is 0 Å². The SMILES string of the molecule is CC(C)N(CCCC(=O)O)C(=O)Cc1ccncc1. The van der Waals surface area contributed by atoms with Crippen LogP contribution in [0.1, 0.15) is 32.3 Å². The van der Waals surface area contributed by atoms with Crippen molar-refractivity contribution in [1.82, 2.24) is 9.88 Å². The van der Waals surface area contributed by atoms with E-state index in [9.17, 15) is 9.59 Å². The minimum absolute atomic E-state index is 0.0200. The zero-order chi connectivity index (χ0) is 14.3. The molecule has 0 unspecified atom stereocenters. The molecule has 0 aliphatic heterocycles. The summed E-state index contributed by atoms with van der Waals surface area (Å²) >= 11 is 0. The van der Waals surface area contributed by atoms with Gasteiger partial charge in [-0.2, -0.15) is 0 Å². The van der Waals surface area contributed by atoms with Crippen molar-refractivity contribution in [3.63, 3.8) is 0 Å². The van der Waals surface area contributed by atoms with Gasteiger partial charge in [-0.15, -0.1) is 0 Å². The van der Waals surface area contributed by atoms with Gasteiger partial charge in [0.2, 0.25) is 5.91 Å². The van der Waals surface area contributed by atoms with Crippen LogP contribution in [-0.2, 0) is 16.0 Å². The van der Waals surface area contributed by atoms with Crippen LogP contribution in [0.5, 0.6) is 0 Å². The molecule has 1 amide bonds. The van der Waals surface area contributed by atoms with Gasteiger partial charge in [-0.05, 0) is 38.0 Å². The van der Waals surface area contributed by atoms with Crippen molar-refractivity contribution in [1.29, 1.82) is 0 Å². The molecule has 1 aromatic rings. The number of carbonyl (C=O) groups is 2. The van der Waals surface area contributed by atoms with Crippen LogP contribution in [0.2, 0.25) is 0 Å². The Hall–Kier alpha value is -1.91. The van der Waals surface area contributed by atoms with Gasteiger partial charge in [0.15, 0.2) is 0 Å². The van der Waals surface area contributed by atoms with Crippen molar-refractivity contribution in [3.05, 3.63) is 30.1 Å². The first kappa shape index (κ1) is 15.1. The van der Waals surface area contributed by atoms with E-state index >= 15 is 0 Å². The summed E-state index contributed by atoms with van der Waals surface area (Å²) in [7, 11) is 0. The third-order valence-electron chi connectivity index (χ3n) is 2.84. The summed E-state index contributed by atoms with van der Waals surface area (Å²) in [5.74, 6) is -0.808.